The van der Waals surface area contributed by atoms with E-state index in [4.69, 9.17) is 0 Å². The van der Waals surface area contributed by atoms with E-state index in [-0.39, 0.29) is 17.8 Å². The fraction of sp³-hybridized carbons (Fsp3) is 0.125. The van der Waals surface area contributed by atoms with Crippen LogP contribution in [0.5, 0.6) is 0 Å². The number of aromatic amines is 1. The smallest absolute Gasteiger partial charge is 0.255 e. The number of carbonyl (C=O) groups excluding carboxylic acids is 1. The van der Waals surface area contributed by atoms with Gasteiger partial charge in [-0.3, -0.25) is 9.89 Å². The van der Waals surface area contributed by atoms with Gasteiger partial charge in [-0.1, -0.05) is 6.07 Å². The van der Waals surface area contributed by atoms with E-state index in [0.717, 1.165) is 4.88 Å². The van der Waals surface area contributed by atoms with Gasteiger partial charge < -0.3 is 5.32 Å². The second-order valence-electron chi connectivity index (χ2n) is 4.88. The highest BCUT2D eigenvalue weighted by Gasteiger charge is 2.18. The predicted octanol–water partition coefficient (Wildman–Crippen LogP) is 3.77. The topological polar surface area (TPSA) is 57.8 Å². The summed E-state index contributed by atoms with van der Waals surface area (Å²) in [5, 5.41) is 11.7. The molecule has 2 aromatic heterocycles. The zero-order chi connectivity index (χ0) is 15.5. The molecule has 6 heteroatoms. The zero-order valence-electron chi connectivity index (χ0n) is 11.8. The lowest BCUT2D eigenvalue weighted by Gasteiger charge is -2.12. The van der Waals surface area contributed by atoms with Gasteiger partial charge in [-0.25, -0.2) is 4.39 Å². The SMILES string of the molecule is C[C@@H](NC(=O)c1cn[nH]c1-c1ccc(F)cc1)c1cccs1. The van der Waals surface area contributed by atoms with Crippen LogP contribution in [0.15, 0.2) is 48.0 Å². The van der Waals surface area contributed by atoms with Crippen molar-refractivity contribution in [3.05, 3.63) is 64.2 Å². The predicted molar refractivity (Wildman–Crippen MR) is 84.2 cm³/mol. The molecule has 3 aromatic rings. The van der Waals surface area contributed by atoms with Crippen LogP contribution in [-0.2, 0) is 0 Å². The molecule has 1 amide bonds. The maximum atomic E-state index is 13.0. The highest BCUT2D eigenvalue weighted by molar-refractivity contribution is 7.10. The summed E-state index contributed by atoms with van der Waals surface area (Å²) in [7, 11) is 0. The molecule has 0 saturated heterocycles. The number of rotatable bonds is 4. The van der Waals surface area contributed by atoms with Crippen molar-refractivity contribution in [3.63, 3.8) is 0 Å². The number of nitrogens with one attached hydrogen (secondary N) is 2. The highest BCUT2D eigenvalue weighted by atomic mass is 32.1. The Labute approximate surface area is 131 Å². The van der Waals surface area contributed by atoms with Gasteiger partial charge in [-0.2, -0.15) is 5.10 Å². The molecule has 3 rings (SSSR count). The first-order valence-corrected chi connectivity index (χ1v) is 7.66. The number of thiophene rings is 1. The van der Waals surface area contributed by atoms with Crippen LogP contribution in [-0.4, -0.2) is 16.1 Å². The first kappa shape index (κ1) is 14.5. The van der Waals surface area contributed by atoms with E-state index in [0.29, 0.717) is 16.8 Å². The van der Waals surface area contributed by atoms with E-state index in [1.165, 1.54) is 18.3 Å². The average Bonchev–Trinajstić information content (AvgIpc) is 3.19. The number of amides is 1. The summed E-state index contributed by atoms with van der Waals surface area (Å²) < 4.78 is 13.0. The molecule has 1 aromatic carbocycles. The van der Waals surface area contributed by atoms with Crippen molar-refractivity contribution in [2.24, 2.45) is 0 Å². The Hall–Kier alpha value is -2.47. The molecule has 0 radical (unpaired) electrons. The van der Waals surface area contributed by atoms with E-state index >= 15 is 0 Å². The molecular weight excluding hydrogens is 301 g/mol. The van der Waals surface area contributed by atoms with E-state index in [1.807, 2.05) is 24.4 Å². The highest BCUT2D eigenvalue weighted by Crippen LogP contribution is 2.23. The van der Waals surface area contributed by atoms with Gasteiger partial charge in [0.05, 0.1) is 23.5 Å². The Balaban J connectivity index is 1.82. The van der Waals surface area contributed by atoms with Gasteiger partial charge in [-0.05, 0) is 42.6 Å². The molecule has 0 saturated carbocycles. The summed E-state index contributed by atoms with van der Waals surface area (Å²) in [5.74, 6) is -0.533. The van der Waals surface area contributed by atoms with Crippen molar-refractivity contribution in [2.45, 2.75) is 13.0 Å². The lowest BCUT2D eigenvalue weighted by atomic mass is 10.1. The van der Waals surface area contributed by atoms with Crippen molar-refractivity contribution in [3.8, 4) is 11.3 Å². The summed E-state index contributed by atoms with van der Waals surface area (Å²) in [6.07, 6.45) is 1.48. The minimum absolute atomic E-state index is 0.0801. The summed E-state index contributed by atoms with van der Waals surface area (Å²) in [6, 6.07) is 9.78. The summed E-state index contributed by atoms with van der Waals surface area (Å²) >= 11 is 1.59. The van der Waals surface area contributed by atoms with Crippen molar-refractivity contribution in [2.75, 3.05) is 0 Å². The standard InChI is InChI=1S/C16H14FN3OS/c1-10(14-3-2-8-22-14)19-16(21)13-9-18-20-15(13)11-4-6-12(17)7-5-11/h2-10H,1H3,(H,18,20)(H,19,21)/t10-/m1/s1. The number of H-pyrrole nitrogens is 1. The van der Waals surface area contributed by atoms with Crippen LogP contribution >= 0.6 is 11.3 Å². The number of carbonyl (C=O) groups is 1. The fourth-order valence-corrected chi connectivity index (χ4v) is 2.91. The van der Waals surface area contributed by atoms with Crippen LogP contribution in [0.3, 0.4) is 0 Å². The Bertz CT molecular complexity index is 765. The average molecular weight is 315 g/mol. The number of benzene rings is 1. The first-order valence-electron chi connectivity index (χ1n) is 6.78. The minimum atomic E-state index is -0.319. The van der Waals surface area contributed by atoms with Crippen LogP contribution in [0.2, 0.25) is 0 Å². The number of aromatic nitrogens is 2. The molecule has 0 spiro atoms. The number of halogens is 1. The first-order chi connectivity index (χ1) is 10.6. The quantitative estimate of drug-likeness (QED) is 0.770. The molecule has 2 N–H and O–H groups in total. The minimum Gasteiger partial charge on any atom is -0.345 e. The van der Waals surface area contributed by atoms with Gasteiger partial charge in [-0.15, -0.1) is 11.3 Å². The van der Waals surface area contributed by atoms with Crippen LogP contribution in [0.4, 0.5) is 4.39 Å². The summed E-state index contributed by atoms with van der Waals surface area (Å²) in [5.41, 5.74) is 1.73. The van der Waals surface area contributed by atoms with E-state index < -0.39 is 0 Å². The molecule has 0 bridgehead atoms. The molecule has 1 atom stereocenters. The van der Waals surface area contributed by atoms with Crippen molar-refractivity contribution >= 4 is 17.2 Å². The zero-order valence-corrected chi connectivity index (χ0v) is 12.7. The molecule has 0 aliphatic rings. The lowest BCUT2D eigenvalue weighted by molar-refractivity contribution is 0.0941. The van der Waals surface area contributed by atoms with E-state index in [1.54, 1.807) is 23.5 Å². The van der Waals surface area contributed by atoms with Gasteiger partial charge in [0, 0.05) is 10.4 Å². The van der Waals surface area contributed by atoms with Gasteiger partial charge in [0.25, 0.3) is 5.91 Å². The maximum absolute atomic E-state index is 13.0. The maximum Gasteiger partial charge on any atom is 0.255 e. The van der Waals surface area contributed by atoms with Gasteiger partial charge in [0.2, 0.25) is 0 Å². The van der Waals surface area contributed by atoms with Crippen LogP contribution in [0.1, 0.15) is 28.2 Å². The molecule has 0 aliphatic carbocycles. The second-order valence-corrected chi connectivity index (χ2v) is 5.86. The third-order valence-corrected chi connectivity index (χ3v) is 4.39. The molecule has 22 heavy (non-hydrogen) atoms. The Morgan fingerprint density at radius 2 is 2.09 bits per heavy atom. The molecule has 112 valence electrons. The van der Waals surface area contributed by atoms with Crippen LogP contribution < -0.4 is 5.32 Å². The van der Waals surface area contributed by atoms with E-state index in [2.05, 4.69) is 15.5 Å². The normalized spacial score (nSPS) is 12.1. The van der Waals surface area contributed by atoms with Gasteiger partial charge >= 0.3 is 0 Å². The molecule has 0 aliphatic heterocycles. The molecule has 0 fully saturated rings. The molecule has 0 unspecified atom stereocenters. The van der Waals surface area contributed by atoms with Crippen molar-refractivity contribution in [1.29, 1.82) is 0 Å². The fourth-order valence-electron chi connectivity index (χ4n) is 2.18. The molecule has 2 heterocycles. The van der Waals surface area contributed by atoms with Crippen molar-refractivity contribution in [1.82, 2.24) is 15.5 Å². The Kier molecular flexibility index (Phi) is 4.02. The molecule has 4 nitrogen and oxygen atoms in total. The molecular formula is C16H14FN3OS. The van der Waals surface area contributed by atoms with Crippen LogP contribution in [0, 0.1) is 5.82 Å². The largest absolute Gasteiger partial charge is 0.345 e. The van der Waals surface area contributed by atoms with Gasteiger partial charge in [0.1, 0.15) is 5.82 Å². The second kappa shape index (κ2) is 6.11. The number of hydrogen-bond donors (Lipinski definition) is 2. The third kappa shape index (κ3) is 2.92. The summed E-state index contributed by atoms with van der Waals surface area (Å²) in [6.45, 7) is 1.93. The van der Waals surface area contributed by atoms with Crippen LogP contribution in [0.25, 0.3) is 11.3 Å². The Morgan fingerprint density at radius 3 is 2.77 bits per heavy atom. The number of nitrogens with zero attached hydrogens (tertiary/aromatic N) is 1. The number of hydrogen-bond acceptors (Lipinski definition) is 3. The third-order valence-electron chi connectivity index (χ3n) is 3.33. The monoisotopic (exact) mass is 315 g/mol. The van der Waals surface area contributed by atoms with Gasteiger partial charge in [0.15, 0.2) is 0 Å². The lowest BCUT2D eigenvalue weighted by Crippen LogP contribution is -2.26. The summed E-state index contributed by atoms with van der Waals surface area (Å²) in [4.78, 5) is 13.5. The van der Waals surface area contributed by atoms with E-state index in [9.17, 15) is 9.18 Å². The van der Waals surface area contributed by atoms with Crippen molar-refractivity contribution < 1.29 is 9.18 Å². The Morgan fingerprint density at radius 1 is 1.32 bits per heavy atom.